The van der Waals surface area contributed by atoms with E-state index in [0.29, 0.717) is 30.4 Å². The van der Waals surface area contributed by atoms with Gasteiger partial charge >= 0.3 is 5.63 Å². The molecule has 1 aliphatic rings. The van der Waals surface area contributed by atoms with Gasteiger partial charge < -0.3 is 15.1 Å². The molecule has 0 unspecified atom stereocenters. The van der Waals surface area contributed by atoms with Gasteiger partial charge in [-0.1, -0.05) is 37.5 Å². The molecule has 0 radical (unpaired) electrons. The lowest BCUT2D eigenvalue weighted by atomic mass is 9.80. The smallest absolute Gasteiger partial charge is 0.349 e. The zero-order valence-electron chi connectivity index (χ0n) is 14.3. The molecule has 1 aliphatic carbocycles. The Balaban J connectivity index is 1.92. The first-order valence-corrected chi connectivity index (χ1v) is 8.69. The predicted molar refractivity (Wildman–Crippen MR) is 94.4 cm³/mol. The number of rotatable bonds is 4. The van der Waals surface area contributed by atoms with E-state index in [1.54, 1.807) is 24.3 Å². The van der Waals surface area contributed by atoms with E-state index in [1.165, 1.54) is 6.07 Å². The number of amides is 2. The number of hydrogen-bond acceptors (Lipinski definition) is 4. The van der Waals surface area contributed by atoms with Crippen LogP contribution in [0.4, 0.5) is 0 Å². The van der Waals surface area contributed by atoms with Crippen LogP contribution in [0.3, 0.4) is 0 Å². The Labute approximate surface area is 145 Å². The first-order chi connectivity index (χ1) is 12.1. The molecule has 2 N–H and O–H groups in total. The van der Waals surface area contributed by atoms with Crippen LogP contribution in [0.15, 0.2) is 39.5 Å². The van der Waals surface area contributed by atoms with E-state index in [-0.39, 0.29) is 11.5 Å². The second-order valence-corrected chi connectivity index (χ2v) is 6.44. The van der Waals surface area contributed by atoms with E-state index in [4.69, 9.17) is 4.42 Å². The van der Waals surface area contributed by atoms with Crippen molar-refractivity contribution in [1.29, 1.82) is 0 Å². The Morgan fingerprint density at radius 2 is 1.88 bits per heavy atom. The number of carbonyl (C=O) groups is 2. The van der Waals surface area contributed by atoms with Crippen molar-refractivity contribution < 1.29 is 14.0 Å². The molecule has 1 heterocycles. The molecule has 0 spiro atoms. The van der Waals surface area contributed by atoms with Crippen LogP contribution in [-0.4, -0.2) is 23.9 Å². The largest absolute Gasteiger partial charge is 0.422 e. The Morgan fingerprint density at radius 3 is 2.60 bits per heavy atom. The van der Waals surface area contributed by atoms with Gasteiger partial charge in [0.1, 0.15) is 16.7 Å². The van der Waals surface area contributed by atoms with Gasteiger partial charge in [0.05, 0.1) is 0 Å². The number of nitrogens with one attached hydrogen (secondary N) is 2. The second-order valence-electron chi connectivity index (χ2n) is 6.44. The van der Waals surface area contributed by atoms with Gasteiger partial charge in [0.2, 0.25) is 5.91 Å². The number of likely N-dealkylation sites (N-methyl/N-ethyl adjacent to an activating group) is 1. The van der Waals surface area contributed by atoms with Gasteiger partial charge in [0.25, 0.3) is 5.91 Å². The lowest BCUT2D eigenvalue weighted by molar-refractivity contribution is -0.128. The molecule has 1 fully saturated rings. The van der Waals surface area contributed by atoms with Crippen molar-refractivity contribution in [1.82, 2.24) is 10.6 Å². The molecule has 3 rings (SSSR count). The van der Waals surface area contributed by atoms with Crippen LogP contribution in [0.25, 0.3) is 11.0 Å². The van der Waals surface area contributed by atoms with E-state index in [9.17, 15) is 14.4 Å². The molecule has 6 heteroatoms. The Kier molecular flexibility index (Phi) is 4.88. The van der Waals surface area contributed by atoms with E-state index < -0.39 is 17.1 Å². The molecular formula is C19H22N2O4. The molecular weight excluding hydrogens is 320 g/mol. The Hall–Kier alpha value is -2.63. The van der Waals surface area contributed by atoms with Crippen LogP contribution in [0.1, 0.15) is 49.4 Å². The Bertz CT molecular complexity index is 850. The standard InChI is InChI=1S/C19H22N2O4/c1-2-20-18(24)19(10-6-3-7-11-19)21-16(22)14-12-13-8-4-5-9-15(13)25-17(14)23/h4-5,8-9,12H,2-3,6-7,10-11H2,1H3,(H,20,24)(H,21,22). The normalized spacial score (nSPS) is 16.4. The first-order valence-electron chi connectivity index (χ1n) is 8.69. The maximum absolute atomic E-state index is 12.7. The minimum atomic E-state index is -0.955. The van der Waals surface area contributed by atoms with Crippen molar-refractivity contribution in [3.8, 4) is 0 Å². The molecule has 25 heavy (non-hydrogen) atoms. The van der Waals surface area contributed by atoms with Gasteiger partial charge in [-0.3, -0.25) is 9.59 Å². The topological polar surface area (TPSA) is 88.4 Å². The summed E-state index contributed by atoms with van der Waals surface area (Å²) >= 11 is 0. The third-order valence-electron chi connectivity index (χ3n) is 4.72. The summed E-state index contributed by atoms with van der Waals surface area (Å²) in [6.45, 7) is 2.34. The summed E-state index contributed by atoms with van der Waals surface area (Å²) in [5, 5.41) is 6.30. The Morgan fingerprint density at radius 1 is 1.16 bits per heavy atom. The molecule has 2 aromatic rings. The van der Waals surface area contributed by atoms with Crippen LogP contribution in [0, 0.1) is 0 Å². The molecule has 0 saturated heterocycles. The number of fused-ring (bicyclic) bond motifs is 1. The molecule has 2 amide bonds. The molecule has 1 aromatic carbocycles. The number of carbonyl (C=O) groups excluding carboxylic acids is 2. The van der Waals surface area contributed by atoms with Gasteiger partial charge in [-0.05, 0) is 31.9 Å². The van der Waals surface area contributed by atoms with Crippen LogP contribution >= 0.6 is 0 Å². The third-order valence-corrected chi connectivity index (χ3v) is 4.72. The predicted octanol–water partition coefficient (Wildman–Crippen LogP) is 2.36. The van der Waals surface area contributed by atoms with Crippen molar-refractivity contribution >= 4 is 22.8 Å². The first kappa shape index (κ1) is 17.2. The summed E-state index contributed by atoms with van der Waals surface area (Å²) in [4.78, 5) is 37.5. The van der Waals surface area contributed by atoms with Crippen molar-refractivity contribution in [3.63, 3.8) is 0 Å². The fourth-order valence-electron chi connectivity index (χ4n) is 3.40. The third kappa shape index (κ3) is 3.43. The van der Waals surface area contributed by atoms with Crippen molar-refractivity contribution in [2.45, 2.75) is 44.6 Å². The highest BCUT2D eigenvalue weighted by Crippen LogP contribution is 2.29. The van der Waals surface area contributed by atoms with Crippen molar-refractivity contribution in [3.05, 3.63) is 46.3 Å². The highest BCUT2D eigenvalue weighted by Gasteiger charge is 2.41. The SMILES string of the molecule is CCNC(=O)C1(NC(=O)c2cc3ccccc3oc2=O)CCCCC1. The molecule has 0 atom stereocenters. The van der Waals surface area contributed by atoms with Crippen LogP contribution in [0.2, 0.25) is 0 Å². The number of benzene rings is 1. The molecule has 0 aliphatic heterocycles. The van der Waals surface area contributed by atoms with Crippen molar-refractivity contribution in [2.24, 2.45) is 0 Å². The van der Waals surface area contributed by atoms with Gasteiger partial charge in [-0.25, -0.2) is 4.79 Å². The maximum atomic E-state index is 12.7. The van der Waals surface area contributed by atoms with E-state index in [2.05, 4.69) is 10.6 Å². The molecule has 1 saturated carbocycles. The van der Waals surface area contributed by atoms with E-state index in [0.717, 1.165) is 19.3 Å². The average Bonchev–Trinajstić information content (AvgIpc) is 2.62. The summed E-state index contributed by atoms with van der Waals surface area (Å²) in [5.41, 5.74) is -1.30. The minimum Gasteiger partial charge on any atom is -0.422 e. The van der Waals surface area contributed by atoms with Crippen LogP contribution < -0.4 is 16.3 Å². The van der Waals surface area contributed by atoms with Gasteiger partial charge in [0, 0.05) is 11.9 Å². The van der Waals surface area contributed by atoms with E-state index >= 15 is 0 Å². The highest BCUT2D eigenvalue weighted by molar-refractivity contribution is 6.00. The summed E-state index contributed by atoms with van der Waals surface area (Å²) in [6.07, 6.45) is 3.91. The summed E-state index contributed by atoms with van der Waals surface area (Å²) in [7, 11) is 0. The molecule has 1 aromatic heterocycles. The molecule has 132 valence electrons. The zero-order chi connectivity index (χ0) is 17.9. The zero-order valence-corrected chi connectivity index (χ0v) is 14.3. The fourth-order valence-corrected chi connectivity index (χ4v) is 3.40. The lowest BCUT2D eigenvalue weighted by Gasteiger charge is -2.36. The van der Waals surface area contributed by atoms with E-state index in [1.807, 2.05) is 6.92 Å². The van der Waals surface area contributed by atoms with Gasteiger partial charge in [-0.15, -0.1) is 0 Å². The second kappa shape index (κ2) is 7.09. The monoisotopic (exact) mass is 342 g/mol. The maximum Gasteiger partial charge on any atom is 0.349 e. The van der Waals surface area contributed by atoms with Crippen LogP contribution in [-0.2, 0) is 4.79 Å². The average molecular weight is 342 g/mol. The quantitative estimate of drug-likeness (QED) is 0.835. The summed E-state index contributed by atoms with van der Waals surface area (Å²) in [5.74, 6) is -0.749. The molecule has 0 bridgehead atoms. The minimum absolute atomic E-state index is 0.0760. The lowest BCUT2D eigenvalue weighted by Crippen LogP contribution is -2.60. The van der Waals surface area contributed by atoms with Crippen LogP contribution in [0.5, 0.6) is 0 Å². The summed E-state index contributed by atoms with van der Waals surface area (Å²) in [6, 6.07) is 8.54. The fraction of sp³-hybridized carbons (Fsp3) is 0.421. The number of para-hydroxylation sites is 1. The van der Waals surface area contributed by atoms with Gasteiger partial charge in [-0.2, -0.15) is 0 Å². The number of hydrogen-bond donors (Lipinski definition) is 2. The molecule has 6 nitrogen and oxygen atoms in total. The van der Waals surface area contributed by atoms with Crippen molar-refractivity contribution in [2.75, 3.05) is 6.54 Å². The van der Waals surface area contributed by atoms with Gasteiger partial charge in [0.15, 0.2) is 0 Å². The summed E-state index contributed by atoms with van der Waals surface area (Å²) < 4.78 is 5.23. The highest BCUT2D eigenvalue weighted by atomic mass is 16.4.